The van der Waals surface area contributed by atoms with Crippen LogP contribution >= 0.6 is 0 Å². The van der Waals surface area contributed by atoms with Crippen molar-refractivity contribution in [3.63, 3.8) is 0 Å². The van der Waals surface area contributed by atoms with E-state index in [2.05, 4.69) is 0 Å². The van der Waals surface area contributed by atoms with Gasteiger partial charge >= 0.3 is 0 Å². The Labute approximate surface area is 96.5 Å². The van der Waals surface area contributed by atoms with Crippen LogP contribution in [0.3, 0.4) is 0 Å². The standard InChI is InChI=1S/C12H7BO.C2H6/c13-8-5-6-12-10(7-8)9-3-1-2-4-11(9)14-12;1-2/h1-7H;1-2H3. The first-order chi connectivity index (χ1) is 7.84. The van der Waals surface area contributed by atoms with E-state index in [4.69, 9.17) is 12.3 Å². The zero-order valence-electron chi connectivity index (χ0n) is 9.53. The Kier molecular flexibility index (Phi) is 3.00. The van der Waals surface area contributed by atoms with Crippen LogP contribution in [0.4, 0.5) is 0 Å². The molecule has 0 saturated heterocycles. The molecule has 0 bridgehead atoms. The molecule has 1 nitrogen and oxygen atoms in total. The lowest BCUT2D eigenvalue weighted by molar-refractivity contribution is 0.669. The molecule has 0 aliphatic carbocycles. The smallest absolute Gasteiger partial charge is 0.135 e. The Morgan fingerprint density at radius 3 is 2.38 bits per heavy atom. The van der Waals surface area contributed by atoms with E-state index in [1.54, 1.807) is 0 Å². The number of hydrogen-bond donors (Lipinski definition) is 0. The maximum Gasteiger partial charge on any atom is 0.135 e. The van der Waals surface area contributed by atoms with Crippen LogP contribution in [-0.2, 0) is 0 Å². The summed E-state index contributed by atoms with van der Waals surface area (Å²) in [5.41, 5.74) is 2.57. The van der Waals surface area contributed by atoms with Crippen LogP contribution in [0.25, 0.3) is 21.9 Å². The normalized spacial score (nSPS) is 10.1. The SMILES string of the molecule is CC.[B]c1ccc2oc3ccccc3c2c1. The third-order valence-electron chi connectivity index (χ3n) is 2.40. The fraction of sp³-hybridized carbons (Fsp3) is 0.143. The Bertz CT molecular complexity index is 610. The van der Waals surface area contributed by atoms with Crippen LogP contribution in [0.2, 0.25) is 0 Å². The fourth-order valence-corrected chi connectivity index (χ4v) is 1.74. The Balaban J connectivity index is 0.000000457. The molecule has 2 heteroatoms. The van der Waals surface area contributed by atoms with Gasteiger partial charge in [0.05, 0.1) is 0 Å². The average Bonchev–Trinajstić information content (AvgIpc) is 2.70. The highest BCUT2D eigenvalue weighted by Crippen LogP contribution is 2.26. The van der Waals surface area contributed by atoms with Crippen LogP contribution in [0.15, 0.2) is 46.9 Å². The zero-order chi connectivity index (χ0) is 11.5. The van der Waals surface area contributed by atoms with Crippen LogP contribution in [0.1, 0.15) is 13.8 Å². The number of rotatable bonds is 0. The first kappa shape index (κ1) is 10.8. The van der Waals surface area contributed by atoms with Crippen molar-refractivity contribution in [2.45, 2.75) is 13.8 Å². The summed E-state index contributed by atoms with van der Waals surface area (Å²) in [6, 6.07) is 13.7. The van der Waals surface area contributed by atoms with Gasteiger partial charge in [0.2, 0.25) is 0 Å². The highest BCUT2D eigenvalue weighted by molar-refractivity contribution is 6.33. The van der Waals surface area contributed by atoms with E-state index in [-0.39, 0.29) is 0 Å². The molecule has 0 aliphatic heterocycles. The van der Waals surface area contributed by atoms with E-state index in [1.165, 1.54) is 0 Å². The second-order valence-electron chi connectivity index (χ2n) is 3.35. The van der Waals surface area contributed by atoms with Gasteiger partial charge in [0.1, 0.15) is 19.0 Å². The van der Waals surface area contributed by atoms with Gasteiger partial charge in [0.25, 0.3) is 0 Å². The molecule has 2 aromatic carbocycles. The molecule has 0 unspecified atom stereocenters. The molecular formula is C14H13BO. The third-order valence-corrected chi connectivity index (χ3v) is 2.40. The van der Waals surface area contributed by atoms with Gasteiger partial charge in [0.15, 0.2) is 0 Å². The van der Waals surface area contributed by atoms with Crippen molar-refractivity contribution in [1.29, 1.82) is 0 Å². The van der Waals surface area contributed by atoms with Gasteiger partial charge < -0.3 is 4.42 Å². The number of benzene rings is 2. The molecule has 0 amide bonds. The summed E-state index contributed by atoms with van der Waals surface area (Å²) in [5, 5.41) is 2.20. The van der Waals surface area contributed by atoms with Crippen molar-refractivity contribution < 1.29 is 4.42 Å². The molecule has 0 fully saturated rings. The van der Waals surface area contributed by atoms with Crippen LogP contribution in [-0.4, -0.2) is 7.85 Å². The minimum atomic E-state index is 0.768. The predicted octanol–water partition coefficient (Wildman–Crippen LogP) is 3.41. The molecule has 0 saturated carbocycles. The first-order valence-corrected chi connectivity index (χ1v) is 5.51. The summed E-state index contributed by atoms with van der Waals surface area (Å²) >= 11 is 0. The molecule has 0 N–H and O–H groups in total. The van der Waals surface area contributed by atoms with Gasteiger partial charge in [-0.15, -0.1) is 0 Å². The van der Waals surface area contributed by atoms with E-state index >= 15 is 0 Å². The lowest BCUT2D eigenvalue weighted by Gasteiger charge is -1.91. The fourth-order valence-electron chi connectivity index (χ4n) is 1.74. The molecule has 78 valence electrons. The molecular weight excluding hydrogens is 195 g/mol. The van der Waals surface area contributed by atoms with E-state index in [1.807, 2.05) is 56.3 Å². The second kappa shape index (κ2) is 4.44. The van der Waals surface area contributed by atoms with Gasteiger partial charge in [-0.1, -0.05) is 49.6 Å². The molecule has 3 rings (SSSR count). The lowest BCUT2D eigenvalue weighted by atomic mass is 9.94. The molecule has 1 aromatic heterocycles. The Morgan fingerprint density at radius 1 is 0.875 bits per heavy atom. The number of para-hydroxylation sites is 1. The number of fused-ring (bicyclic) bond motifs is 3. The molecule has 0 atom stereocenters. The van der Waals surface area contributed by atoms with Gasteiger partial charge in [-0.05, 0) is 12.1 Å². The first-order valence-electron chi connectivity index (χ1n) is 5.51. The maximum atomic E-state index is 5.73. The number of furan rings is 1. The van der Waals surface area contributed by atoms with Gasteiger partial charge in [0, 0.05) is 10.8 Å². The van der Waals surface area contributed by atoms with Crippen molar-refractivity contribution in [1.82, 2.24) is 0 Å². The summed E-state index contributed by atoms with van der Waals surface area (Å²) in [6.07, 6.45) is 0. The largest absolute Gasteiger partial charge is 0.456 e. The summed E-state index contributed by atoms with van der Waals surface area (Å²) in [4.78, 5) is 0. The second-order valence-corrected chi connectivity index (χ2v) is 3.35. The van der Waals surface area contributed by atoms with Gasteiger partial charge in [-0.3, -0.25) is 0 Å². The average molecular weight is 208 g/mol. The molecule has 2 radical (unpaired) electrons. The van der Waals surface area contributed by atoms with Crippen LogP contribution in [0, 0.1) is 0 Å². The van der Waals surface area contributed by atoms with E-state index in [9.17, 15) is 0 Å². The van der Waals surface area contributed by atoms with Crippen molar-refractivity contribution in [2.24, 2.45) is 0 Å². The molecule has 0 aliphatic rings. The Hall–Kier alpha value is -1.70. The van der Waals surface area contributed by atoms with E-state index in [0.717, 1.165) is 27.4 Å². The maximum absolute atomic E-state index is 5.73. The molecule has 16 heavy (non-hydrogen) atoms. The highest BCUT2D eigenvalue weighted by Gasteiger charge is 2.04. The summed E-state index contributed by atoms with van der Waals surface area (Å²) < 4.78 is 5.65. The topological polar surface area (TPSA) is 13.1 Å². The third kappa shape index (κ3) is 1.71. The quantitative estimate of drug-likeness (QED) is 0.516. The van der Waals surface area contributed by atoms with Crippen molar-refractivity contribution in [2.75, 3.05) is 0 Å². The van der Waals surface area contributed by atoms with Gasteiger partial charge in [-0.2, -0.15) is 0 Å². The van der Waals surface area contributed by atoms with Crippen molar-refractivity contribution in [3.8, 4) is 0 Å². The molecule has 0 spiro atoms. The van der Waals surface area contributed by atoms with E-state index in [0.29, 0.717) is 0 Å². The summed E-state index contributed by atoms with van der Waals surface area (Å²) in [6.45, 7) is 4.00. The highest BCUT2D eigenvalue weighted by atomic mass is 16.3. The monoisotopic (exact) mass is 208 g/mol. The van der Waals surface area contributed by atoms with Crippen molar-refractivity contribution in [3.05, 3.63) is 42.5 Å². The lowest BCUT2D eigenvalue weighted by Crippen LogP contribution is -1.98. The summed E-state index contributed by atoms with van der Waals surface area (Å²) in [5.74, 6) is 0. The Morgan fingerprint density at radius 2 is 1.56 bits per heavy atom. The molecule has 3 aromatic rings. The number of hydrogen-bond acceptors (Lipinski definition) is 1. The zero-order valence-corrected chi connectivity index (χ0v) is 9.53. The minimum Gasteiger partial charge on any atom is -0.456 e. The van der Waals surface area contributed by atoms with Crippen LogP contribution in [0.5, 0.6) is 0 Å². The predicted molar refractivity (Wildman–Crippen MR) is 70.5 cm³/mol. The van der Waals surface area contributed by atoms with Gasteiger partial charge in [-0.25, -0.2) is 0 Å². The van der Waals surface area contributed by atoms with E-state index < -0.39 is 0 Å². The minimum absolute atomic E-state index is 0.768. The molecule has 1 heterocycles. The summed E-state index contributed by atoms with van der Waals surface area (Å²) in [7, 11) is 5.73. The van der Waals surface area contributed by atoms with Crippen LogP contribution < -0.4 is 5.46 Å². The van der Waals surface area contributed by atoms with Crippen molar-refractivity contribution >= 4 is 35.2 Å².